The number of nitrogens with zero attached hydrogens (tertiary/aromatic N) is 1. The summed E-state index contributed by atoms with van der Waals surface area (Å²) in [5.41, 5.74) is 1.83. The van der Waals surface area contributed by atoms with Gasteiger partial charge in [-0.3, -0.25) is 9.59 Å². The second-order valence-electron chi connectivity index (χ2n) is 6.13. The van der Waals surface area contributed by atoms with Crippen LogP contribution in [0.2, 0.25) is 5.02 Å². The molecule has 1 aromatic heterocycles. The van der Waals surface area contributed by atoms with Gasteiger partial charge in [-0.1, -0.05) is 29.8 Å². The molecule has 0 aliphatic rings. The summed E-state index contributed by atoms with van der Waals surface area (Å²) in [5.74, 6) is 0.0814. The van der Waals surface area contributed by atoms with E-state index in [4.69, 9.17) is 16.3 Å². The molecule has 0 saturated carbocycles. The highest BCUT2D eigenvalue weighted by molar-refractivity contribution is 6.30. The number of rotatable bonds is 6. The van der Waals surface area contributed by atoms with Crippen molar-refractivity contribution in [3.8, 4) is 16.9 Å². The van der Waals surface area contributed by atoms with Gasteiger partial charge in [0.05, 0.1) is 6.54 Å². The van der Waals surface area contributed by atoms with Gasteiger partial charge in [0.1, 0.15) is 18.2 Å². The summed E-state index contributed by atoms with van der Waals surface area (Å²) in [6, 6.07) is 14.7. The zero-order valence-corrected chi connectivity index (χ0v) is 15.4. The van der Waals surface area contributed by atoms with Crippen molar-refractivity contribution in [2.75, 3.05) is 6.61 Å². The number of Topliss-reactive ketones (excluding diaryl/α,β-unsaturated/α-hetero) is 1. The minimum atomic E-state index is -0.452. The summed E-state index contributed by atoms with van der Waals surface area (Å²) in [6.45, 7) is 1.59. The molecule has 4 nitrogen and oxygen atoms in total. The monoisotopic (exact) mass is 385 g/mol. The number of carbonyl (C=O) groups is 1. The van der Waals surface area contributed by atoms with E-state index < -0.39 is 5.82 Å². The number of hydrogen-bond donors (Lipinski definition) is 0. The van der Waals surface area contributed by atoms with Crippen molar-refractivity contribution in [3.63, 3.8) is 0 Å². The lowest BCUT2D eigenvalue weighted by Gasteiger charge is -2.10. The van der Waals surface area contributed by atoms with Crippen LogP contribution in [0.25, 0.3) is 11.1 Å². The topological polar surface area (TPSA) is 48.3 Å². The Hall–Kier alpha value is -2.92. The van der Waals surface area contributed by atoms with E-state index in [1.54, 1.807) is 36.5 Å². The zero-order chi connectivity index (χ0) is 19.4. The highest BCUT2D eigenvalue weighted by Gasteiger charge is 2.07. The molecule has 0 saturated heterocycles. The number of ketones is 1. The average molecular weight is 386 g/mol. The molecule has 0 spiro atoms. The first-order chi connectivity index (χ1) is 12.9. The molecule has 3 aromatic rings. The fraction of sp³-hybridized carbons (Fsp3) is 0.143. The van der Waals surface area contributed by atoms with Crippen molar-refractivity contribution in [1.82, 2.24) is 4.57 Å². The van der Waals surface area contributed by atoms with Gasteiger partial charge in [-0.05, 0) is 48.4 Å². The van der Waals surface area contributed by atoms with Crippen LogP contribution in [-0.4, -0.2) is 17.0 Å². The fourth-order valence-electron chi connectivity index (χ4n) is 2.59. The first kappa shape index (κ1) is 18.9. The Morgan fingerprint density at radius 3 is 2.44 bits per heavy atom. The predicted molar refractivity (Wildman–Crippen MR) is 103 cm³/mol. The lowest BCUT2D eigenvalue weighted by molar-refractivity contribution is -0.118. The van der Waals surface area contributed by atoms with Gasteiger partial charge in [0.2, 0.25) is 0 Å². The number of hydrogen-bond acceptors (Lipinski definition) is 3. The third kappa shape index (κ3) is 4.83. The minimum absolute atomic E-state index is 0.0247. The summed E-state index contributed by atoms with van der Waals surface area (Å²) in [4.78, 5) is 23.1. The van der Waals surface area contributed by atoms with Crippen LogP contribution < -0.4 is 10.3 Å². The summed E-state index contributed by atoms with van der Waals surface area (Å²) in [7, 11) is 0. The molecular weight excluding hydrogens is 369 g/mol. The first-order valence-corrected chi connectivity index (χ1v) is 8.67. The lowest BCUT2D eigenvalue weighted by atomic mass is 10.1. The Labute approximate surface area is 160 Å². The lowest BCUT2D eigenvalue weighted by Crippen LogP contribution is -2.19. The van der Waals surface area contributed by atoms with Crippen molar-refractivity contribution < 1.29 is 13.9 Å². The molecule has 0 amide bonds. The van der Waals surface area contributed by atoms with Crippen molar-refractivity contribution in [2.24, 2.45) is 0 Å². The number of benzene rings is 2. The molecule has 0 unspecified atom stereocenters. The number of aromatic nitrogens is 1. The Bertz CT molecular complexity index is 1030. The average Bonchev–Trinajstić information content (AvgIpc) is 2.64. The van der Waals surface area contributed by atoms with Crippen LogP contribution in [0.1, 0.15) is 12.5 Å². The van der Waals surface area contributed by atoms with Gasteiger partial charge in [-0.25, -0.2) is 4.39 Å². The second-order valence-corrected chi connectivity index (χ2v) is 6.57. The highest BCUT2D eigenvalue weighted by atomic mass is 35.5. The van der Waals surface area contributed by atoms with Gasteiger partial charge in [-0.2, -0.15) is 0 Å². The molecule has 2 aromatic carbocycles. The van der Waals surface area contributed by atoms with E-state index in [-0.39, 0.29) is 24.5 Å². The quantitative estimate of drug-likeness (QED) is 0.634. The van der Waals surface area contributed by atoms with E-state index in [1.165, 1.54) is 23.6 Å². The van der Waals surface area contributed by atoms with Gasteiger partial charge < -0.3 is 9.30 Å². The van der Waals surface area contributed by atoms with Crippen molar-refractivity contribution in [2.45, 2.75) is 13.5 Å². The summed E-state index contributed by atoms with van der Waals surface area (Å²) in [5, 5.41) is 0.310. The maximum atomic E-state index is 14.0. The maximum Gasteiger partial charge on any atom is 0.250 e. The van der Waals surface area contributed by atoms with Crippen LogP contribution in [0.5, 0.6) is 5.75 Å². The van der Waals surface area contributed by atoms with Crippen molar-refractivity contribution >= 4 is 17.4 Å². The smallest absolute Gasteiger partial charge is 0.250 e. The van der Waals surface area contributed by atoms with E-state index in [2.05, 4.69) is 0 Å². The molecule has 6 heteroatoms. The molecule has 0 fully saturated rings. The molecule has 0 N–H and O–H groups in total. The fourth-order valence-corrected chi connectivity index (χ4v) is 2.75. The Morgan fingerprint density at radius 2 is 1.78 bits per heavy atom. The van der Waals surface area contributed by atoms with E-state index in [1.807, 2.05) is 12.1 Å². The Morgan fingerprint density at radius 1 is 1.07 bits per heavy atom. The van der Waals surface area contributed by atoms with Gasteiger partial charge >= 0.3 is 0 Å². The van der Waals surface area contributed by atoms with Gasteiger partial charge in [0, 0.05) is 22.8 Å². The summed E-state index contributed by atoms with van der Waals surface area (Å²) < 4.78 is 20.8. The van der Waals surface area contributed by atoms with Crippen molar-refractivity contribution in [3.05, 3.63) is 87.6 Å². The van der Waals surface area contributed by atoms with Crippen LogP contribution in [0, 0.1) is 5.82 Å². The molecular formula is C21H17ClFNO3. The minimum Gasteiger partial charge on any atom is -0.486 e. The molecule has 138 valence electrons. The van der Waals surface area contributed by atoms with E-state index >= 15 is 0 Å². The van der Waals surface area contributed by atoms with Gasteiger partial charge in [0.25, 0.3) is 5.56 Å². The van der Waals surface area contributed by atoms with Crippen LogP contribution in [0.4, 0.5) is 4.39 Å². The molecule has 0 atom stereocenters. The number of carbonyl (C=O) groups excluding carboxylic acids is 1. The molecule has 0 bridgehead atoms. The highest BCUT2D eigenvalue weighted by Crippen LogP contribution is 2.22. The molecule has 0 radical (unpaired) electrons. The van der Waals surface area contributed by atoms with Crippen LogP contribution >= 0.6 is 11.6 Å². The molecule has 0 aliphatic heterocycles. The van der Waals surface area contributed by atoms with Crippen LogP contribution in [-0.2, 0) is 11.3 Å². The van der Waals surface area contributed by atoms with Crippen LogP contribution in [0.15, 0.2) is 65.6 Å². The van der Waals surface area contributed by atoms with Crippen LogP contribution in [0.3, 0.4) is 0 Å². The second kappa shape index (κ2) is 8.18. The summed E-state index contributed by atoms with van der Waals surface area (Å²) in [6.07, 6.45) is 1.68. The molecule has 3 rings (SSSR count). The number of halogens is 2. The molecule has 27 heavy (non-hydrogen) atoms. The normalized spacial score (nSPS) is 10.6. The largest absolute Gasteiger partial charge is 0.486 e. The third-order valence-corrected chi connectivity index (χ3v) is 4.20. The SMILES string of the molecule is CC(=O)COc1ccc(-c2ccc(=O)n(Cc3ccc(Cl)cc3F)c2)cc1. The third-order valence-electron chi connectivity index (χ3n) is 3.97. The van der Waals surface area contributed by atoms with Crippen molar-refractivity contribution in [1.29, 1.82) is 0 Å². The zero-order valence-electron chi connectivity index (χ0n) is 14.6. The first-order valence-electron chi connectivity index (χ1n) is 8.29. The summed E-state index contributed by atoms with van der Waals surface area (Å²) >= 11 is 5.77. The Kier molecular flexibility index (Phi) is 5.72. The maximum absolute atomic E-state index is 14.0. The van der Waals surface area contributed by atoms with E-state index in [9.17, 15) is 14.0 Å². The van der Waals surface area contributed by atoms with E-state index in [0.717, 1.165) is 11.1 Å². The number of pyridine rings is 1. The standard InChI is InChI=1S/C21H17ClFNO3/c1-14(25)13-27-19-7-3-15(4-8-19)16-5-9-21(26)24(11-16)12-17-2-6-18(22)10-20(17)23/h2-11H,12-13H2,1H3. The van der Waals surface area contributed by atoms with Gasteiger partial charge in [0.15, 0.2) is 5.78 Å². The Balaban J connectivity index is 1.84. The van der Waals surface area contributed by atoms with E-state index in [0.29, 0.717) is 16.3 Å². The van der Waals surface area contributed by atoms with Gasteiger partial charge in [-0.15, -0.1) is 0 Å². The number of ether oxygens (including phenoxy) is 1. The predicted octanol–water partition coefficient (Wildman–Crippen LogP) is 4.32. The molecule has 1 heterocycles. The molecule has 0 aliphatic carbocycles.